The molecule has 0 radical (unpaired) electrons. The highest BCUT2D eigenvalue weighted by molar-refractivity contribution is 6.00. The van der Waals surface area contributed by atoms with E-state index in [9.17, 15) is 13.6 Å². The van der Waals surface area contributed by atoms with Crippen LogP contribution in [-0.2, 0) is 4.79 Å². The first kappa shape index (κ1) is 19.4. The van der Waals surface area contributed by atoms with E-state index in [0.29, 0.717) is 29.9 Å². The van der Waals surface area contributed by atoms with Crippen molar-refractivity contribution in [2.24, 2.45) is 5.41 Å². The van der Waals surface area contributed by atoms with Gasteiger partial charge in [0.2, 0.25) is 5.95 Å². The lowest BCUT2D eigenvalue weighted by atomic mass is 9.73. The summed E-state index contributed by atoms with van der Waals surface area (Å²) in [6, 6.07) is 4.19. The fourth-order valence-corrected chi connectivity index (χ4v) is 4.01. The molecule has 1 aromatic carbocycles. The van der Waals surface area contributed by atoms with Crippen molar-refractivity contribution < 1.29 is 23.0 Å². The number of nitrogens with zero attached hydrogens (tertiary/aromatic N) is 3. The number of alkyl halides is 2. The fourth-order valence-electron chi connectivity index (χ4n) is 4.01. The Bertz CT molecular complexity index is 984. The van der Waals surface area contributed by atoms with Gasteiger partial charge in [-0.2, -0.15) is 18.9 Å². The monoisotopic (exact) mass is 404 g/mol. The highest BCUT2D eigenvalue weighted by Gasteiger charge is 2.41. The molecule has 4 rings (SSSR count). The zero-order valence-electron chi connectivity index (χ0n) is 16.4. The summed E-state index contributed by atoms with van der Waals surface area (Å²) in [4.78, 5) is 17.3. The quantitative estimate of drug-likeness (QED) is 0.813. The number of ether oxygens (including phenoxy) is 2. The van der Waals surface area contributed by atoms with Gasteiger partial charge in [-0.3, -0.25) is 4.79 Å². The van der Waals surface area contributed by atoms with Crippen LogP contribution in [0.5, 0.6) is 11.5 Å². The van der Waals surface area contributed by atoms with Crippen molar-refractivity contribution in [1.29, 1.82) is 0 Å². The molecule has 2 aromatic rings. The average molecular weight is 404 g/mol. The summed E-state index contributed by atoms with van der Waals surface area (Å²) >= 11 is 0. The first-order chi connectivity index (χ1) is 13.8. The van der Waals surface area contributed by atoms with Crippen molar-refractivity contribution in [3.8, 4) is 11.5 Å². The van der Waals surface area contributed by atoms with Gasteiger partial charge in [-0.05, 0) is 36.5 Å². The number of carbonyl (C=O) groups excluding carboxylic acids is 1. The number of fused-ring (bicyclic) bond motifs is 1. The Morgan fingerprint density at radius 1 is 1.31 bits per heavy atom. The van der Waals surface area contributed by atoms with E-state index >= 15 is 0 Å². The molecule has 154 valence electrons. The normalized spacial score (nSPS) is 20.2. The van der Waals surface area contributed by atoms with Gasteiger partial charge in [0.25, 0.3) is 0 Å². The molecule has 1 aliphatic heterocycles. The minimum absolute atomic E-state index is 0.0285. The molecule has 29 heavy (non-hydrogen) atoms. The Kier molecular flexibility index (Phi) is 4.76. The summed E-state index contributed by atoms with van der Waals surface area (Å²) < 4.78 is 37.2. The molecule has 7 nitrogen and oxygen atoms in total. The average Bonchev–Trinajstić information content (AvgIpc) is 3.08. The predicted molar refractivity (Wildman–Crippen MR) is 101 cm³/mol. The van der Waals surface area contributed by atoms with Gasteiger partial charge in [0.15, 0.2) is 17.3 Å². The second kappa shape index (κ2) is 7.13. The molecule has 9 heteroatoms. The highest BCUT2D eigenvalue weighted by atomic mass is 19.3. The van der Waals surface area contributed by atoms with Crippen LogP contribution < -0.4 is 14.8 Å². The molecule has 0 spiro atoms. The third-order valence-electron chi connectivity index (χ3n) is 5.07. The van der Waals surface area contributed by atoms with Crippen LogP contribution in [0.4, 0.5) is 14.7 Å². The number of halogens is 2. The zero-order valence-corrected chi connectivity index (χ0v) is 16.4. The van der Waals surface area contributed by atoms with E-state index in [4.69, 9.17) is 4.74 Å². The van der Waals surface area contributed by atoms with E-state index in [1.165, 1.54) is 12.4 Å². The van der Waals surface area contributed by atoms with Gasteiger partial charge in [-0.1, -0.05) is 19.9 Å². The second-order valence-electron chi connectivity index (χ2n) is 7.91. The van der Waals surface area contributed by atoms with Crippen molar-refractivity contribution in [1.82, 2.24) is 14.8 Å². The minimum atomic E-state index is -2.96. The van der Waals surface area contributed by atoms with Gasteiger partial charge in [0.1, 0.15) is 12.4 Å². The molecule has 1 unspecified atom stereocenters. The minimum Gasteiger partial charge on any atom is -0.490 e. The number of aromatic nitrogens is 3. The summed E-state index contributed by atoms with van der Waals surface area (Å²) in [5.41, 5.74) is 1.96. The van der Waals surface area contributed by atoms with Gasteiger partial charge in [0, 0.05) is 17.7 Å². The summed E-state index contributed by atoms with van der Waals surface area (Å²) in [6.45, 7) is 3.18. The lowest BCUT2D eigenvalue weighted by Gasteiger charge is -2.38. The van der Waals surface area contributed by atoms with Gasteiger partial charge in [-0.25, -0.2) is 4.68 Å². The number of hydrogen-bond acceptors (Lipinski definition) is 6. The Morgan fingerprint density at radius 3 is 2.83 bits per heavy atom. The van der Waals surface area contributed by atoms with E-state index in [0.717, 1.165) is 5.70 Å². The number of anilines is 1. The van der Waals surface area contributed by atoms with Crippen molar-refractivity contribution in [2.45, 2.75) is 46.3 Å². The summed E-state index contributed by atoms with van der Waals surface area (Å²) in [7, 11) is 0. The number of benzene rings is 1. The van der Waals surface area contributed by atoms with Gasteiger partial charge in [-0.15, -0.1) is 0 Å². The molecule has 1 aliphatic carbocycles. The topological polar surface area (TPSA) is 78.3 Å². The molecular weight excluding hydrogens is 382 g/mol. The van der Waals surface area contributed by atoms with Crippen LogP contribution >= 0.6 is 0 Å². The van der Waals surface area contributed by atoms with E-state index in [1.807, 2.05) is 13.8 Å². The standard InChI is InChI=1S/C20H22F2N4O3/c1-4-28-15-7-11(5-6-14(15)29-18(21)22)17-16-12(8-20(2,3)9-13(16)27)25-19-23-10-24-26(17)19/h5-7,10,17-18H,4,8-9H2,1-3H3,(H,23,24,25). The van der Waals surface area contributed by atoms with Crippen molar-refractivity contribution in [3.05, 3.63) is 41.4 Å². The largest absolute Gasteiger partial charge is 0.490 e. The van der Waals surface area contributed by atoms with Crippen LogP contribution in [0.15, 0.2) is 35.8 Å². The molecule has 1 aromatic heterocycles. The van der Waals surface area contributed by atoms with Gasteiger partial charge in [0.05, 0.1) is 6.61 Å². The first-order valence-corrected chi connectivity index (χ1v) is 9.43. The number of nitrogens with one attached hydrogen (secondary N) is 1. The fraction of sp³-hybridized carbons (Fsp3) is 0.450. The maximum absolute atomic E-state index is 13.1. The number of Topliss-reactive ketones (excluding diaryl/α,β-unsaturated/α-hetero) is 1. The van der Waals surface area contributed by atoms with Crippen LogP contribution in [0.3, 0.4) is 0 Å². The lowest BCUT2D eigenvalue weighted by Crippen LogP contribution is -2.36. The number of carbonyl (C=O) groups is 1. The summed E-state index contributed by atoms with van der Waals surface area (Å²) in [5.74, 6) is 0.700. The Morgan fingerprint density at radius 2 is 2.10 bits per heavy atom. The third-order valence-corrected chi connectivity index (χ3v) is 5.07. The molecule has 0 bridgehead atoms. The van der Waals surface area contributed by atoms with Crippen LogP contribution in [0, 0.1) is 5.41 Å². The van der Waals surface area contributed by atoms with Gasteiger partial charge >= 0.3 is 6.61 Å². The van der Waals surface area contributed by atoms with Crippen LogP contribution in [0.2, 0.25) is 0 Å². The number of rotatable bonds is 5. The third kappa shape index (κ3) is 3.56. The number of hydrogen-bond donors (Lipinski definition) is 1. The maximum Gasteiger partial charge on any atom is 0.387 e. The smallest absolute Gasteiger partial charge is 0.387 e. The Labute approximate surface area is 166 Å². The van der Waals surface area contributed by atoms with Crippen LogP contribution in [0.1, 0.15) is 45.2 Å². The molecule has 0 saturated heterocycles. The SMILES string of the molecule is CCOc1cc(C2C3=C(CC(C)(C)CC3=O)Nc3ncnn32)ccc1OC(F)F. The van der Waals surface area contributed by atoms with Gasteiger partial charge < -0.3 is 14.8 Å². The highest BCUT2D eigenvalue weighted by Crippen LogP contribution is 2.46. The van der Waals surface area contributed by atoms with Crippen molar-refractivity contribution in [3.63, 3.8) is 0 Å². The number of ketones is 1. The van der Waals surface area contributed by atoms with Crippen molar-refractivity contribution in [2.75, 3.05) is 11.9 Å². The Balaban J connectivity index is 1.83. The number of allylic oxidation sites excluding steroid dienone is 2. The molecule has 1 N–H and O–H groups in total. The molecule has 0 amide bonds. The zero-order chi connectivity index (χ0) is 20.8. The van der Waals surface area contributed by atoms with E-state index in [-0.39, 0.29) is 29.3 Å². The van der Waals surface area contributed by atoms with E-state index in [2.05, 4.69) is 20.1 Å². The Hall–Kier alpha value is -2.97. The van der Waals surface area contributed by atoms with Crippen LogP contribution in [-0.4, -0.2) is 33.8 Å². The predicted octanol–water partition coefficient (Wildman–Crippen LogP) is 3.94. The van der Waals surface area contributed by atoms with Crippen molar-refractivity contribution >= 4 is 11.7 Å². The molecule has 2 heterocycles. The maximum atomic E-state index is 13.1. The van der Waals surface area contributed by atoms with Crippen LogP contribution in [0.25, 0.3) is 0 Å². The summed E-state index contributed by atoms with van der Waals surface area (Å²) in [6.07, 6.45) is 2.53. The lowest BCUT2D eigenvalue weighted by molar-refractivity contribution is -0.118. The molecule has 0 saturated carbocycles. The molecule has 1 atom stereocenters. The van der Waals surface area contributed by atoms with E-state index < -0.39 is 12.7 Å². The summed E-state index contributed by atoms with van der Waals surface area (Å²) in [5, 5.41) is 7.52. The van der Waals surface area contributed by atoms with E-state index in [1.54, 1.807) is 23.7 Å². The second-order valence-corrected chi connectivity index (χ2v) is 7.91. The first-order valence-electron chi connectivity index (χ1n) is 9.43. The molecule has 0 fully saturated rings. The molecular formula is C20H22F2N4O3. The molecule has 2 aliphatic rings.